The number of methoxy groups -OCH3 is 1. The summed E-state index contributed by atoms with van der Waals surface area (Å²) in [6, 6.07) is 22.3. The first kappa shape index (κ1) is 30.6. The Balaban J connectivity index is 1.36. The van der Waals surface area contributed by atoms with E-state index in [1.54, 1.807) is 7.11 Å². The molecule has 6 nitrogen and oxygen atoms in total. The number of hydrogen-bond donors (Lipinski definition) is 1. The van der Waals surface area contributed by atoms with Crippen LogP contribution in [-0.2, 0) is 22.6 Å². The first-order chi connectivity index (χ1) is 20.3. The molecule has 0 amide bonds. The number of carbonyl (C=O) groups is 1. The highest BCUT2D eigenvalue weighted by Gasteiger charge is 2.50. The smallest absolute Gasteiger partial charge is 0.357 e. The van der Waals surface area contributed by atoms with Gasteiger partial charge in [0.25, 0.3) is 0 Å². The molecule has 0 spiro atoms. The fourth-order valence-corrected chi connectivity index (χ4v) is 8.66. The lowest BCUT2D eigenvalue weighted by Crippen LogP contribution is -2.51. The molecule has 0 radical (unpaired) electrons. The van der Waals surface area contributed by atoms with Gasteiger partial charge in [0.1, 0.15) is 22.4 Å². The second-order valence-electron chi connectivity index (χ2n) is 11.5. The van der Waals surface area contributed by atoms with Crippen LogP contribution in [-0.4, -0.2) is 29.6 Å². The van der Waals surface area contributed by atoms with Crippen molar-refractivity contribution in [3.8, 4) is 11.5 Å². The van der Waals surface area contributed by atoms with E-state index in [-0.39, 0.29) is 18.1 Å². The average molecular weight is 699 g/mol. The molecular formula is C34H37Br2NO5. The number of halogens is 2. The predicted molar refractivity (Wildman–Crippen MR) is 170 cm³/mol. The van der Waals surface area contributed by atoms with Crippen molar-refractivity contribution in [2.45, 2.75) is 70.0 Å². The van der Waals surface area contributed by atoms with Gasteiger partial charge in [0.05, 0.1) is 11.6 Å². The van der Waals surface area contributed by atoms with Gasteiger partial charge >= 0.3 is 5.97 Å². The molecule has 2 saturated carbocycles. The van der Waals surface area contributed by atoms with E-state index in [9.17, 15) is 10.0 Å². The van der Waals surface area contributed by atoms with Gasteiger partial charge in [-0.1, -0.05) is 72.2 Å². The van der Waals surface area contributed by atoms with Crippen LogP contribution < -0.4 is 9.47 Å². The maximum absolute atomic E-state index is 13.7. The number of ether oxygens (including phenoxy) is 3. The fourth-order valence-electron chi connectivity index (χ4n) is 7.06. The summed E-state index contributed by atoms with van der Waals surface area (Å²) in [5, 5.41) is 13.4. The summed E-state index contributed by atoms with van der Waals surface area (Å²) in [5.74, 6) is 1.51. The molecule has 1 N–H and O–H groups in total. The first-order valence-electron chi connectivity index (χ1n) is 14.6. The van der Waals surface area contributed by atoms with Crippen LogP contribution in [0.4, 0.5) is 0 Å². The highest BCUT2D eigenvalue weighted by Crippen LogP contribution is 2.54. The zero-order valence-electron chi connectivity index (χ0n) is 24.0. The summed E-state index contributed by atoms with van der Waals surface area (Å²) in [6.07, 6.45) is 6.40. The number of benzene rings is 3. The van der Waals surface area contributed by atoms with Crippen LogP contribution in [0.1, 0.15) is 68.1 Å². The molecule has 2 aliphatic rings. The maximum Gasteiger partial charge on any atom is 0.357 e. The Bertz CT molecular complexity index is 1410. The molecule has 0 unspecified atom stereocenters. The molecule has 42 heavy (non-hydrogen) atoms. The van der Waals surface area contributed by atoms with Gasteiger partial charge in [0, 0.05) is 17.9 Å². The highest BCUT2D eigenvalue weighted by molar-refractivity contribution is 9.11. The molecule has 0 aromatic heterocycles. The van der Waals surface area contributed by atoms with E-state index in [0.717, 1.165) is 37.7 Å². The van der Waals surface area contributed by atoms with Gasteiger partial charge in [-0.3, -0.25) is 0 Å². The Hall–Kier alpha value is -2.84. The van der Waals surface area contributed by atoms with Crippen molar-refractivity contribution in [3.63, 3.8) is 0 Å². The molecular weight excluding hydrogens is 662 g/mol. The Morgan fingerprint density at radius 3 is 2.38 bits per heavy atom. The quantitative estimate of drug-likeness (QED) is 0.105. The van der Waals surface area contributed by atoms with Crippen LogP contribution in [0.15, 0.2) is 80.8 Å². The van der Waals surface area contributed by atoms with E-state index in [1.807, 2.05) is 42.5 Å². The topological polar surface area (TPSA) is 77.4 Å². The van der Waals surface area contributed by atoms with Crippen LogP contribution in [0.2, 0.25) is 0 Å². The van der Waals surface area contributed by atoms with Crippen molar-refractivity contribution in [2.24, 2.45) is 17.0 Å². The summed E-state index contributed by atoms with van der Waals surface area (Å²) in [5.41, 5.74) is 2.27. The maximum atomic E-state index is 13.7. The van der Waals surface area contributed by atoms with Gasteiger partial charge in [-0.15, -0.1) is 0 Å². The van der Waals surface area contributed by atoms with Gasteiger partial charge in [0.15, 0.2) is 11.5 Å². The fraction of sp³-hybridized carbons (Fsp3) is 0.412. The van der Waals surface area contributed by atoms with E-state index >= 15 is 0 Å². The zero-order valence-corrected chi connectivity index (χ0v) is 27.2. The SMILES string of the molecule is COc1c(C/C(=N\O)C(=O)O[C@@]2(C)CCC[C@H]3CCC[C@@H](c4ccccc4)[C@@H]32)cc(Br)c(OCc2ccccc2)c1Br. The molecule has 222 valence electrons. The Kier molecular flexibility index (Phi) is 9.94. The minimum absolute atomic E-state index is 0.0287. The Morgan fingerprint density at radius 1 is 1.00 bits per heavy atom. The first-order valence-corrected chi connectivity index (χ1v) is 16.1. The minimum atomic E-state index is -0.655. The minimum Gasteiger partial charge on any atom is -0.495 e. The molecule has 3 aromatic carbocycles. The number of fused-ring (bicyclic) bond motifs is 1. The van der Waals surface area contributed by atoms with Crippen molar-refractivity contribution in [2.75, 3.05) is 7.11 Å². The molecule has 3 aromatic rings. The number of hydrogen-bond acceptors (Lipinski definition) is 6. The van der Waals surface area contributed by atoms with Gasteiger partial charge in [0.2, 0.25) is 0 Å². The van der Waals surface area contributed by atoms with E-state index in [4.69, 9.17) is 14.2 Å². The summed E-state index contributed by atoms with van der Waals surface area (Å²) >= 11 is 7.23. The van der Waals surface area contributed by atoms with Crippen LogP contribution >= 0.6 is 31.9 Å². The third-order valence-corrected chi connectivity index (χ3v) is 10.2. The lowest BCUT2D eigenvalue weighted by Gasteiger charge is -2.51. The number of carbonyl (C=O) groups excluding carboxylic acids is 1. The second-order valence-corrected chi connectivity index (χ2v) is 13.2. The van der Waals surface area contributed by atoms with Crippen LogP contribution in [0.5, 0.6) is 11.5 Å². The zero-order chi connectivity index (χ0) is 29.7. The van der Waals surface area contributed by atoms with Crippen molar-refractivity contribution in [1.29, 1.82) is 0 Å². The Labute approximate surface area is 264 Å². The summed E-state index contributed by atoms with van der Waals surface area (Å²) in [7, 11) is 1.56. The molecule has 8 heteroatoms. The van der Waals surface area contributed by atoms with E-state index in [2.05, 4.69) is 68.2 Å². The largest absolute Gasteiger partial charge is 0.495 e. The normalized spacial score (nSPS) is 24.0. The third-order valence-electron chi connectivity index (χ3n) is 8.89. The summed E-state index contributed by atoms with van der Waals surface area (Å²) in [6.45, 7) is 2.45. The van der Waals surface area contributed by atoms with Gasteiger partial charge < -0.3 is 19.4 Å². The number of oxime groups is 1. The second kappa shape index (κ2) is 13.6. The van der Waals surface area contributed by atoms with Gasteiger partial charge in [-0.05, 0) is 99.9 Å². The number of nitrogens with zero attached hydrogens (tertiary/aromatic N) is 1. The van der Waals surface area contributed by atoms with Crippen molar-refractivity contribution < 1.29 is 24.2 Å². The molecule has 2 aliphatic carbocycles. The van der Waals surface area contributed by atoms with Gasteiger partial charge in [-0.25, -0.2) is 4.79 Å². The lowest BCUT2D eigenvalue weighted by atomic mass is 9.58. The highest BCUT2D eigenvalue weighted by atomic mass is 79.9. The average Bonchev–Trinajstić information content (AvgIpc) is 3.00. The molecule has 0 bridgehead atoms. The predicted octanol–water partition coefficient (Wildman–Crippen LogP) is 8.86. The van der Waals surface area contributed by atoms with Crippen LogP contribution in [0.3, 0.4) is 0 Å². The summed E-state index contributed by atoms with van der Waals surface area (Å²) < 4.78 is 19.4. The van der Waals surface area contributed by atoms with Crippen LogP contribution in [0, 0.1) is 11.8 Å². The van der Waals surface area contributed by atoms with Gasteiger partial charge in [-0.2, -0.15) is 0 Å². The van der Waals surface area contributed by atoms with E-state index in [0.29, 0.717) is 44.5 Å². The molecule has 4 atom stereocenters. The number of esters is 1. The molecule has 0 heterocycles. The molecule has 0 aliphatic heterocycles. The lowest BCUT2D eigenvalue weighted by molar-refractivity contribution is -0.167. The van der Waals surface area contributed by atoms with Crippen LogP contribution in [0.25, 0.3) is 0 Å². The third kappa shape index (κ3) is 6.55. The molecule has 0 saturated heterocycles. The van der Waals surface area contributed by atoms with Crippen molar-refractivity contribution >= 4 is 43.5 Å². The summed E-state index contributed by atoms with van der Waals surface area (Å²) in [4.78, 5) is 13.7. The van der Waals surface area contributed by atoms with Crippen molar-refractivity contribution in [1.82, 2.24) is 0 Å². The molecule has 5 rings (SSSR count). The number of rotatable bonds is 9. The van der Waals surface area contributed by atoms with E-state index < -0.39 is 11.6 Å². The van der Waals surface area contributed by atoms with E-state index in [1.165, 1.54) is 12.0 Å². The standard InChI is InChI=1S/C34H37Br2NO5/c1-34(18-10-16-24-15-9-17-26(29(24)34)23-13-7-4-8-14-23)42-33(38)28(37-39)20-25-19-27(35)32(30(36)31(25)40-2)41-21-22-11-5-3-6-12-22/h3-8,11-14,19,24,26,29,39H,9-10,15-18,20-21H2,1-2H3/b37-28+/t24-,26+,29-,34+/m1/s1. The molecule has 2 fully saturated rings. The Morgan fingerprint density at radius 2 is 1.69 bits per heavy atom. The van der Waals surface area contributed by atoms with Crippen molar-refractivity contribution in [3.05, 3.63) is 92.4 Å². The monoisotopic (exact) mass is 697 g/mol.